The summed E-state index contributed by atoms with van der Waals surface area (Å²) in [7, 11) is 0. The topological polar surface area (TPSA) is 12.0 Å². The van der Waals surface area contributed by atoms with Crippen LogP contribution in [-0.2, 0) is 17.6 Å². The Hall–Kier alpha value is -3.49. The van der Waals surface area contributed by atoms with Crippen LogP contribution in [0.4, 0.5) is 0 Å². The van der Waals surface area contributed by atoms with Gasteiger partial charge >= 0.3 is 0 Å². The van der Waals surface area contributed by atoms with Crippen LogP contribution in [0.15, 0.2) is 114 Å². The molecule has 1 nitrogen and oxygen atoms in total. The van der Waals surface area contributed by atoms with Crippen LogP contribution in [0.3, 0.4) is 0 Å². The molecule has 2 heteroatoms. The van der Waals surface area contributed by atoms with Crippen molar-refractivity contribution in [1.82, 2.24) is 5.32 Å². The van der Waals surface area contributed by atoms with Crippen LogP contribution in [0.5, 0.6) is 0 Å². The number of thioether (sulfide) groups is 1. The second-order valence-electron chi connectivity index (χ2n) is 9.34. The van der Waals surface area contributed by atoms with Crippen LogP contribution in [-0.4, -0.2) is 6.54 Å². The molecule has 1 unspecified atom stereocenters. The molecular formula is C32H25NS. The molecule has 1 aliphatic carbocycles. The Morgan fingerprint density at radius 1 is 0.706 bits per heavy atom. The Balaban J connectivity index is 1.56. The van der Waals surface area contributed by atoms with Gasteiger partial charge in [0.1, 0.15) is 0 Å². The molecule has 1 N–H and O–H groups in total. The first-order valence-corrected chi connectivity index (χ1v) is 13.0. The summed E-state index contributed by atoms with van der Waals surface area (Å²) in [4.78, 5) is 1.41. The number of allylic oxidation sites excluding steroid dienone is 2. The maximum atomic E-state index is 3.29. The Morgan fingerprint density at radius 2 is 1.47 bits per heavy atom. The van der Waals surface area contributed by atoms with E-state index in [1.807, 2.05) is 11.8 Å². The van der Waals surface area contributed by atoms with E-state index in [9.17, 15) is 0 Å². The van der Waals surface area contributed by atoms with E-state index >= 15 is 0 Å². The Bertz CT molecular complexity index is 1490. The smallest absolute Gasteiger partial charge is 0.0507 e. The average Bonchev–Trinajstić information content (AvgIpc) is 3.18. The molecule has 4 aromatic rings. The van der Waals surface area contributed by atoms with Crippen molar-refractivity contribution in [3.63, 3.8) is 0 Å². The summed E-state index contributed by atoms with van der Waals surface area (Å²) < 4.78 is 0. The molecule has 0 fully saturated rings. The number of hydrogen-bond donors (Lipinski definition) is 1. The minimum Gasteiger partial charge on any atom is -0.387 e. The van der Waals surface area contributed by atoms with Crippen LogP contribution < -0.4 is 5.32 Å². The molecular weight excluding hydrogens is 430 g/mol. The maximum Gasteiger partial charge on any atom is 0.0507 e. The van der Waals surface area contributed by atoms with Gasteiger partial charge in [-0.2, -0.15) is 0 Å². The number of dihydropyridines is 1. The third-order valence-corrected chi connectivity index (χ3v) is 8.76. The maximum absolute atomic E-state index is 3.29. The fourth-order valence-electron chi connectivity index (χ4n) is 6.08. The molecule has 4 aromatic carbocycles. The second kappa shape index (κ2) is 7.78. The normalized spacial score (nSPS) is 19.7. The minimum atomic E-state index is -0.202. The first-order chi connectivity index (χ1) is 16.8. The molecule has 0 radical (unpaired) electrons. The zero-order valence-electron chi connectivity index (χ0n) is 18.9. The first-order valence-electron chi connectivity index (χ1n) is 12.0. The fourth-order valence-corrected chi connectivity index (χ4v) is 7.15. The third-order valence-electron chi connectivity index (χ3n) is 7.60. The lowest BCUT2D eigenvalue weighted by molar-refractivity contribution is 0.616. The average molecular weight is 456 g/mol. The summed E-state index contributed by atoms with van der Waals surface area (Å²) in [6, 6.07) is 34.4. The Morgan fingerprint density at radius 3 is 2.35 bits per heavy atom. The molecule has 0 amide bonds. The zero-order chi connectivity index (χ0) is 22.5. The first kappa shape index (κ1) is 19.9. The van der Waals surface area contributed by atoms with Crippen molar-refractivity contribution in [2.24, 2.45) is 0 Å². The highest BCUT2D eigenvalue weighted by molar-refractivity contribution is 7.98. The van der Waals surface area contributed by atoms with E-state index in [1.165, 1.54) is 55.0 Å². The van der Waals surface area contributed by atoms with Gasteiger partial charge < -0.3 is 5.32 Å². The van der Waals surface area contributed by atoms with Crippen LogP contribution >= 0.6 is 11.8 Å². The van der Waals surface area contributed by atoms with Gasteiger partial charge in [0.15, 0.2) is 0 Å². The van der Waals surface area contributed by atoms with E-state index in [1.54, 1.807) is 0 Å². The van der Waals surface area contributed by atoms with Crippen molar-refractivity contribution >= 4 is 17.3 Å². The van der Waals surface area contributed by atoms with Crippen molar-refractivity contribution < 1.29 is 0 Å². The molecule has 164 valence electrons. The van der Waals surface area contributed by atoms with Crippen LogP contribution in [0.25, 0.3) is 16.7 Å². The number of fused-ring (bicyclic) bond motifs is 8. The Labute approximate surface area is 205 Å². The van der Waals surface area contributed by atoms with E-state index in [0.717, 1.165) is 18.7 Å². The van der Waals surface area contributed by atoms with E-state index in [-0.39, 0.29) is 5.41 Å². The lowest BCUT2D eigenvalue weighted by Gasteiger charge is -2.37. The number of benzene rings is 4. The van der Waals surface area contributed by atoms with Crippen molar-refractivity contribution in [3.8, 4) is 11.1 Å². The molecule has 0 aromatic heterocycles. The molecule has 7 rings (SSSR count). The summed E-state index contributed by atoms with van der Waals surface area (Å²) in [6.07, 6.45) is 7.51. The van der Waals surface area contributed by atoms with Crippen LogP contribution in [0, 0.1) is 0 Å². The molecule has 2 heterocycles. The standard InChI is InChI=1S/C32H25NS/c1-4-10-28-25(8-1)21-34-31-12-6-2-7-24(31)20-32(28)29-11-5-3-9-26(29)27-14-13-23(19-30(27)32)22-15-17-33-18-16-22/h1-17,19,33H,18,20-21H2. The summed E-state index contributed by atoms with van der Waals surface area (Å²) in [5.74, 6) is 0.992. The Kier molecular flexibility index (Phi) is 4.56. The van der Waals surface area contributed by atoms with Gasteiger partial charge in [-0.05, 0) is 80.9 Å². The van der Waals surface area contributed by atoms with Gasteiger partial charge in [0.2, 0.25) is 0 Å². The van der Waals surface area contributed by atoms with Gasteiger partial charge in [-0.15, -0.1) is 11.8 Å². The molecule has 0 saturated heterocycles. The lowest BCUT2D eigenvalue weighted by Crippen LogP contribution is -2.32. The van der Waals surface area contributed by atoms with E-state index in [4.69, 9.17) is 0 Å². The third kappa shape index (κ3) is 2.88. The van der Waals surface area contributed by atoms with Crippen molar-refractivity contribution in [2.75, 3.05) is 6.54 Å². The van der Waals surface area contributed by atoms with Crippen molar-refractivity contribution in [1.29, 1.82) is 0 Å². The van der Waals surface area contributed by atoms with Gasteiger partial charge in [-0.1, -0.05) is 84.9 Å². The molecule has 0 bridgehead atoms. The van der Waals surface area contributed by atoms with Crippen molar-refractivity contribution in [2.45, 2.75) is 22.5 Å². The number of nitrogens with one attached hydrogen (secondary N) is 1. The minimum absolute atomic E-state index is 0.202. The van der Waals surface area contributed by atoms with E-state index < -0.39 is 0 Å². The highest BCUT2D eigenvalue weighted by Gasteiger charge is 2.46. The van der Waals surface area contributed by atoms with E-state index in [0.29, 0.717) is 0 Å². The SMILES string of the molecule is C1=CC(c2ccc3c(c2)C2(Cc4ccccc4SCc4ccccc42)c2ccccc2-3)=CCN1. The quantitative estimate of drug-likeness (QED) is 0.322. The van der Waals surface area contributed by atoms with Gasteiger partial charge in [0.05, 0.1) is 5.41 Å². The molecule has 2 aliphatic heterocycles. The summed E-state index contributed by atoms with van der Waals surface area (Å²) in [5, 5.41) is 3.29. The summed E-state index contributed by atoms with van der Waals surface area (Å²) >= 11 is 1.97. The fraction of sp³-hybridized carbons (Fsp3) is 0.125. The largest absolute Gasteiger partial charge is 0.387 e. The number of rotatable bonds is 1. The van der Waals surface area contributed by atoms with Crippen LogP contribution in [0.1, 0.15) is 33.4 Å². The van der Waals surface area contributed by atoms with Crippen LogP contribution in [0.2, 0.25) is 0 Å². The molecule has 1 atom stereocenters. The number of hydrogen-bond acceptors (Lipinski definition) is 2. The predicted octanol–water partition coefficient (Wildman–Crippen LogP) is 7.35. The highest BCUT2D eigenvalue weighted by Crippen LogP contribution is 2.56. The monoisotopic (exact) mass is 455 g/mol. The predicted molar refractivity (Wildman–Crippen MR) is 143 cm³/mol. The molecule has 1 spiro atoms. The van der Waals surface area contributed by atoms with Gasteiger partial charge in [0, 0.05) is 17.2 Å². The van der Waals surface area contributed by atoms with Gasteiger partial charge in [-0.25, -0.2) is 0 Å². The molecule has 34 heavy (non-hydrogen) atoms. The van der Waals surface area contributed by atoms with Gasteiger partial charge in [-0.3, -0.25) is 0 Å². The lowest BCUT2D eigenvalue weighted by atomic mass is 9.67. The summed E-state index contributed by atoms with van der Waals surface area (Å²) in [6.45, 7) is 0.877. The van der Waals surface area contributed by atoms with Crippen molar-refractivity contribution in [3.05, 3.63) is 143 Å². The summed E-state index contributed by atoms with van der Waals surface area (Å²) in [5.41, 5.74) is 12.3. The molecule has 3 aliphatic rings. The molecule has 0 saturated carbocycles. The van der Waals surface area contributed by atoms with Gasteiger partial charge in [0.25, 0.3) is 0 Å². The van der Waals surface area contributed by atoms with E-state index in [2.05, 4.69) is 115 Å². The second-order valence-corrected chi connectivity index (χ2v) is 10.4. The highest BCUT2D eigenvalue weighted by atomic mass is 32.2. The zero-order valence-corrected chi connectivity index (χ0v) is 19.7.